The van der Waals surface area contributed by atoms with Crippen molar-refractivity contribution in [3.63, 3.8) is 0 Å². The fraction of sp³-hybridized carbons (Fsp3) is 0.345. The van der Waals surface area contributed by atoms with Crippen LogP contribution in [0.15, 0.2) is 60.7 Å². The Bertz CT molecular complexity index is 1330. The highest BCUT2D eigenvalue weighted by molar-refractivity contribution is 5.87. The largest absolute Gasteiger partial charge is 0.416 e. The molecule has 0 amide bonds. The number of hydrogen-bond acceptors (Lipinski definition) is 3. The van der Waals surface area contributed by atoms with Crippen molar-refractivity contribution in [1.29, 1.82) is 0 Å². The van der Waals surface area contributed by atoms with Crippen LogP contribution in [0.5, 0.6) is 0 Å². The van der Waals surface area contributed by atoms with Crippen LogP contribution < -0.4 is 5.32 Å². The van der Waals surface area contributed by atoms with Crippen LogP contribution in [0.3, 0.4) is 0 Å². The number of aromatic nitrogens is 2. The summed E-state index contributed by atoms with van der Waals surface area (Å²) in [7, 11) is 1.99. The summed E-state index contributed by atoms with van der Waals surface area (Å²) in [5, 5.41) is 3.23. The maximum absolute atomic E-state index is 13.0. The third-order valence-corrected chi connectivity index (χ3v) is 7.24. The molecule has 2 N–H and O–H groups in total. The second-order valence-electron chi connectivity index (χ2n) is 9.66. The normalized spacial score (nSPS) is 15.6. The van der Waals surface area contributed by atoms with E-state index in [4.69, 9.17) is 4.98 Å². The number of fused-ring (bicyclic) bond motifs is 1. The molecule has 4 aromatic rings. The fourth-order valence-corrected chi connectivity index (χ4v) is 5.22. The molecule has 2 heterocycles. The first-order valence-electron chi connectivity index (χ1n) is 12.5. The molecular weight excluding hydrogens is 461 g/mol. The molecule has 1 aromatic heterocycles. The van der Waals surface area contributed by atoms with E-state index in [-0.39, 0.29) is 0 Å². The molecule has 1 aliphatic heterocycles. The van der Waals surface area contributed by atoms with Gasteiger partial charge in [-0.2, -0.15) is 13.2 Å². The SMILES string of the molecule is CNCCN1CCC(c2cc(C)c3nc(-c4ccccc4-c4ccc(C(F)(F)F)cc4)[nH]c3c2)CC1. The molecule has 1 saturated heterocycles. The molecule has 188 valence electrons. The quantitative estimate of drug-likeness (QED) is 0.318. The van der Waals surface area contributed by atoms with Gasteiger partial charge in [-0.25, -0.2) is 4.98 Å². The number of imidazole rings is 1. The summed E-state index contributed by atoms with van der Waals surface area (Å²) < 4.78 is 39.1. The van der Waals surface area contributed by atoms with Crippen LogP contribution in [0.2, 0.25) is 0 Å². The van der Waals surface area contributed by atoms with Gasteiger partial charge in [0.25, 0.3) is 0 Å². The first-order chi connectivity index (χ1) is 17.3. The monoisotopic (exact) mass is 492 g/mol. The number of nitrogens with one attached hydrogen (secondary N) is 2. The van der Waals surface area contributed by atoms with Crippen molar-refractivity contribution in [3.8, 4) is 22.5 Å². The van der Waals surface area contributed by atoms with Gasteiger partial charge < -0.3 is 15.2 Å². The van der Waals surface area contributed by atoms with Crippen molar-refractivity contribution in [2.75, 3.05) is 33.2 Å². The summed E-state index contributed by atoms with van der Waals surface area (Å²) in [6.07, 6.45) is -2.06. The van der Waals surface area contributed by atoms with Gasteiger partial charge >= 0.3 is 6.18 Å². The van der Waals surface area contributed by atoms with Crippen LogP contribution in [-0.2, 0) is 6.18 Å². The highest BCUT2D eigenvalue weighted by atomic mass is 19.4. The highest BCUT2D eigenvalue weighted by Crippen LogP contribution is 2.36. The number of aromatic amines is 1. The number of alkyl halides is 3. The van der Waals surface area contributed by atoms with E-state index in [0.29, 0.717) is 5.92 Å². The second kappa shape index (κ2) is 10.1. The summed E-state index contributed by atoms with van der Waals surface area (Å²) in [4.78, 5) is 10.9. The third kappa shape index (κ3) is 5.04. The van der Waals surface area contributed by atoms with Crippen molar-refractivity contribution >= 4 is 11.0 Å². The summed E-state index contributed by atoms with van der Waals surface area (Å²) in [6, 6.07) is 17.5. The first-order valence-corrected chi connectivity index (χ1v) is 12.5. The van der Waals surface area contributed by atoms with Crippen LogP contribution in [0.4, 0.5) is 13.2 Å². The molecule has 0 atom stereocenters. The van der Waals surface area contributed by atoms with Gasteiger partial charge in [-0.15, -0.1) is 0 Å². The zero-order valence-corrected chi connectivity index (χ0v) is 20.6. The van der Waals surface area contributed by atoms with E-state index in [2.05, 4.69) is 34.3 Å². The minimum atomic E-state index is -4.35. The molecule has 1 fully saturated rings. The third-order valence-electron chi connectivity index (χ3n) is 7.24. The van der Waals surface area contributed by atoms with Crippen LogP contribution in [0.1, 0.15) is 35.4 Å². The predicted octanol–water partition coefficient (Wildman–Crippen LogP) is 6.62. The number of piperidine rings is 1. The van der Waals surface area contributed by atoms with Crippen LogP contribution in [0, 0.1) is 6.92 Å². The van der Waals surface area contributed by atoms with Gasteiger partial charge in [0, 0.05) is 18.7 Å². The Balaban J connectivity index is 1.44. The minimum Gasteiger partial charge on any atom is -0.338 e. The van der Waals surface area contributed by atoms with Gasteiger partial charge in [-0.3, -0.25) is 0 Å². The summed E-state index contributed by atoms with van der Waals surface area (Å²) in [6.45, 7) is 6.42. The zero-order valence-electron chi connectivity index (χ0n) is 20.6. The molecule has 36 heavy (non-hydrogen) atoms. The van der Waals surface area contributed by atoms with Gasteiger partial charge in [0.1, 0.15) is 5.82 Å². The number of halogens is 3. The van der Waals surface area contributed by atoms with E-state index in [9.17, 15) is 13.2 Å². The Kier molecular flexibility index (Phi) is 6.86. The van der Waals surface area contributed by atoms with E-state index in [1.165, 1.54) is 17.7 Å². The van der Waals surface area contributed by atoms with Gasteiger partial charge in [-0.05, 0) is 86.3 Å². The number of nitrogens with zero attached hydrogens (tertiary/aromatic N) is 2. The summed E-state index contributed by atoms with van der Waals surface area (Å²) in [5.74, 6) is 1.26. The van der Waals surface area contributed by atoms with Crippen LogP contribution in [-0.4, -0.2) is 48.1 Å². The lowest BCUT2D eigenvalue weighted by Gasteiger charge is -2.32. The second-order valence-corrected chi connectivity index (χ2v) is 9.66. The highest BCUT2D eigenvalue weighted by Gasteiger charge is 2.30. The number of benzene rings is 3. The van der Waals surface area contributed by atoms with Gasteiger partial charge in [-0.1, -0.05) is 42.5 Å². The van der Waals surface area contributed by atoms with Crippen molar-refractivity contribution in [3.05, 3.63) is 77.4 Å². The molecule has 7 heteroatoms. The number of H-pyrrole nitrogens is 1. The Hall–Kier alpha value is -3.16. The van der Waals surface area contributed by atoms with Crippen LogP contribution >= 0.6 is 0 Å². The number of hydrogen-bond donors (Lipinski definition) is 2. The Morgan fingerprint density at radius 1 is 1.00 bits per heavy atom. The van der Waals surface area contributed by atoms with E-state index in [0.717, 1.165) is 90.3 Å². The molecule has 1 aliphatic rings. The fourth-order valence-electron chi connectivity index (χ4n) is 5.22. The van der Waals surface area contributed by atoms with Crippen LogP contribution in [0.25, 0.3) is 33.5 Å². The van der Waals surface area contributed by atoms with E-state index < -0.39 is 11.7 Å². The van der Waals surface area contributed by atoms with Gasteiger partial charge in [0.15, 0.2) is 0 Å². The molecule has 0 spiro atoms. The first kappa shape index (κ1) is 24.5. The molecule has 4 nitrogen and oxygen atoms in total. The van der Waals surface area contributed by atoms with E-state index >= 15 is 0 Å². The van der Waals surface area contributed by atoms with Crippen molar-refractivity contribution in [2.45, 2.75) is 31.9 Å². The molecule has 5 rings (SSSR count). The number of likely N-dealkylation sites (N-methyl/N-ethyl adjacent to an activating group) is 1. The molecular formula is C29H31F3N4. The standard InChI is InChI=1S/C29H31F3N4/c1-19-17-22(20-11-14-36(15-12-20)16-13-33-2)18-26-27(19)35-28(34-26)25-6-4-3-5-24(25)21-7-9-23(10-8-21)29(30,31)32/h3-10,17-18,20,33H,11-16H2,1-2H3,(H,34,35). The van der Waals surface area contributed by atoms with E-state index in [1.54, 1.807) is 0 Å². The lowest BCUT2D eigenvalue weighted by molar-refractivity contribution is -0.137. The number of likely N-dealkylation sites (tertiary alicyclic amines) is 1. The molecule has 0 unspecified atom stereocenters. The average Bonchev–Trinajstić information content (AvgIpc) is 3.32. The lowest BCUT2D eigenvalue weighted by Crippen LogP contribution is -2.37. The number of aryl methyl sites for hydroxylation is 1. The Morgan fingerprint density at radius 3 is 2.36 bits per heavy atom. The maximum atomic E-state index is 13.0. The molecule has 3 aromatic carbocycles. The van der Waals surface area contributed by atoms with Gasteiger partial charge in [0.2, 0.25) is 0 Å². The minimum absolute atomic E-state index is 0.533. The van der Waals surface area contributed by atoms with Gasteiger partial charge in [0.05, 0.1) is 16.6 Å². The summed E-state index contributed by atoms with van der Waals surface area (Å²) >= 11 is 0. The lowest BCUT2D eigenvalue weighted by atomic mass is 9.88. The number of rotatable bonds is 6. The Morgan fingerprint density at radius 2 is 1.69 bits per heavy atom. The average molecular weight is 493 g/mol. The van der Waals surface area contributed by atoms with Crippen molar-refractivity contribution in [2.24, 2.45) is 0 Å². The van der Waals surface area contributed by atoms with E-state index in [1.807, 2.05) is 31.3 Å². The molecule has 0 aliphatic carbocycles. The topological polar surface area (TPSA) is 44.0 Å². The predicted molar refractivity (Wildman–Crippen MR) is 139 cm³/mol. The molecule has 0 bridgehead atoms. The molecule has 0 saturated carbocycles. The zero-order chi connectivity index (χ0) is 25.3. The maximum Gasteiger partial charge on any atom is 0.416 e. The summed E-state index contributed by atoms with van der Waals surface area (Å²) in [5.41, 5.74) is 6.20. The smallest absolute Gasteiger partial charge is 0.338 e. The molecule has 0 radical (unpaired) electrons. The Labute approximate surface area is 209 Å². The van der Waals surface area contributed by atoms with Crippen molar-refractivity contribution < 1.29 is 13.2 Å². The van der Waals surface area contributed by atoms with Crippen molar-refractivity contribution in [1.82, 2.24) is 20.2 Å².